The molecule has 1 N–H and O–H groups in total. The topological polar surface area (TPSA) is 18.5 Å². The van der Waals surface area contributed by atoms with Crippen LogP contribution in [0, 0.1) is 0 Å². The Hall–Kier alpha value is -1.84. The summed E-state index contributed by atoms with van der Waals surface area (Å²) >= 11 is 0. The molecule has 3 nitrogen and oxygen atoms in total. The molecule has 0 spiro atoms. The van der Waals surface area contributed by atoms with Crippen molar-refractivity contribution in [2.45, 2.75) is 65.5 Å². The van der Waals surface area contributed by atoms with Gasteiger partial charge in [0.1, 0.15) is 0 Å². The SMILES string of the molecule is CC(C)c1cccc(C(C)C)c1N1CC(c2ccccc2)N(C(C)C)N1. The second kappa shape index (κ2) is 7.81. The summed E-state index contributed by atoms with van der Waals surface area (Å²) in [6, 6.07) is 18.4. The second-order valence-electron chi connectivity index (χ2n) is 8.23. The average molecular weight is 352 g/mol. The molecule has 0 aliphatic carbocycles. The van der Waals surface area contributed by atoms with E-state index in [9.17, 15) is 0 Å². The second-order valence-corrected chi connectivity index (χ2v) is 8.23. The van der Waals surface area contributed by atoms with Gasteiger partial charge in [-0.1, -0.05) is 76.2 Å². The summed E-state index contributed by atoms with van der Waals surface area (Å²) in [5, 5.41) is 4.76. The predicted octanol–water partition coefficient (Wildman–Crippen LogP) is 5.62. The molecule has 0 radical (unpaired) electrons. The van der Waals surface area contributed by atoms with Crippen molar-refractivity contribution in [3.05, 3.63) is 65.2 Å². The molecular formula is C23H33N3. The van der Waals surface area contributed by atoms with Gasteiger partial charge >= 0.3 is 0 Å². The Labute approximate surface area is 159 Å². The standard InChI is InChI=1S/C23H33N3/c1-16(2)20-13-10-14-21(17(3)4)23(20)25-15-22(26(24-25)18(5)6)19-11-8-7-9-12-19/h7-14,16-18,22,24H,15H2,1-6H3. The van der Waals surface area contributed by atoms with Crippen LogP contribution in [0.25, 0.3) is 0 Å². The lowest BCUT2D eigenvalue weighted by molar-refractivity contribution is 0.141. The minimum absolute atomic E-state index is 0.344. The monoisotopic (exact) mass is 351 g/mol. The van der Waals surface area contributed by atoms with Crippen molar-refractivity contribution < 1.29 is 0 Å². The van der Waals surface area contributed by atoms with E-state index in [-0.39, 0.29) is 0 Å². The molecule has 1 heterocycles. The fourth-order valence-electron chi connectivity index (χ4n) is 3.89. The maximum absolute atomic E-state index is 3.71. The summed E-state index contributed by atoms with van der Waals surface area (Å²) in [6.45, 7) is 14.6. The van der Waals surface area contributed by atoms with Crippen LogP contribution in [0.2, 0.25) is 0 Å². The van der Waals surface area contributed by atoms with Crippen LogP contribution in [0.15, 0.2) is 48.5 Å². The highest BCUT2D eigenvalue weighted by atomic mass is 15.8. The van der Waals surface area contributed by atoms with Crippen LogP contribution in [0.5, 0.6) is 0 Å². The van der Waals surface area contributed by atoms with E-state index in [1.807, 2.05) is 0 Å². The smallest absolute Gasteiger partial charge is 0.0704 e. The minimum atomic E-state index is 0.344. The van der Waals surface area contributed by atoms with Crippen molar-refractivity contribution in [3.63, 3.8) is 0 Å². The Morgan fingerprint density at radius 1 is 0.808 bits per heavy atom. The molecule has 1 aliphatic heterocycles. The van der Waals surface area contributed by atoms with Gasteiger partial charge in [0.15, 0.2) is 0 Å². The van der Waals surface area contributed by atoms with Gasteiger partial charge in [0.2, 0.25) is 0 Å². The van der Waals surface area contributed by atoms with Crippen LogP contribution >= 0.6 is 0 Å². The van der Waals surface area contributed by atoms with Crippen LogP contribution < -0.4 is 10.5 Å². The van der Waals surface area contributed by atoms with Crippen molar-refractivity contribution in [1.82, 2.24) is 10.5 Å². The highest BCUT2D eigenvalue weighted by Crippen LogP contribution is 2.38. The van der Waals surface area contributed by atoms with Gasteiger partial charge in [0, 0.05) is 6.04 Å². The third-order valence-electron chi connectivity index (χ3n) is 5.28. The fraction of sp³-hybridized carbons (Fsp3) is 0.478. The number of rotatable bonds is 5. The zero-order valence-electron chi connectivity index (χ0n) is 17.0. The fourth-order valence-corrected chi connectivity index (χ4v) is 3.89. The number of anilines is 1. The van der Waals surface area contributed by atoms with Crippen LogP contribution in [0.3, 0.4) is 0 Å². The molecule has 3 rings (SSSR count). The Bertz CT molecular complexity index is 695. The number of hydrogen-bond donors (Lipinski definition) is 1. The van der Waals surface area contributed by atoms with Crippen LogP contribution in [0.1, 0.15) is 76.1 Å². The van der Waals surface area contributed by atoms with Crippen molar-refractivity contribution >= 4 is 5.69 Å². The van der Waals surface area contributed by atoms with Crippen molar-refractivity contribution in [1.29, 1.82) is 0 Å². The molecule has 2 aromatic carbocycles. The maximum atomic E-state index is 3.71. The van der Waals surface area contributed by atoms with E-state index < -0.39 is 0 Å². The van der Waals surface area contributed by atoms with Crippen molar-refractivity contribution in [3.8, 4) is 0 Å². The molecule has 2 aromatic rings. The zero-order valence-corrected chi connectivity index (χ0v) is 17.0. The first kappa shape index (κ1) is 18.9. The van der Waals surface area contributed by atoms with Crippen LogP contribution in [-0.4, -0.2) is 17.6 Å². The molecule has 1 aliphatic rings. The molecule has 140 valence electrons. The highest BCUT2D eigenvalue weighted by molar-refractivity contribution is 5.62. The van der Waals surface area contributed by atoms with E-state index in [0.29, 0.717) is 23.9 Å². The molecule has 3 heteroatoms. The first-order valence-electron chi connectivity index (χ1n) is 9.90. The molecule has 0 saturated carbocycles. The summed E-state index contributed by atoms with van der Waals surface area (Å²) < 4.78 is 0. The van der Waals surface area contributed by atoms with Gasteiger partial charge in [-0.15, -0.1) is 0 Å². The molecule has 26 heavy (non-hydrogen) atoms. The molecule has 1 atom stereocenters. The third kappa shape index (κ3) is 3.65. The van der Waals surface area contributed by atoms with E-state index in [2.05, 4.69) is 106 Å². The lowest BCUT2D eigenvalue weighted by atomic mass is 9.92. The molecule has 0 aromatic heterocycles. The molecule has 1 saturated heterocycles. The number of hydrogen-bond acceptors (Lipinski definition) is 3. The first-order chi connectivity index (χ1) is 12.4. The summed E-state index contributed by atoms with van der Waals surface area (Å²) in [6.07, 6.45) is 0. The minimum Gasteiger partial charge on any atom is -0.292 e. The molecule has 0 bridgehead atoms. The molecule has 1 unspecified atom stereocenters. The van der Waals surface area contributed by atoms with Crippen molar-refractivity contribution in [2.24, 2.45) is 0 Å². The normalized spacial score (nSPS) is 18.5. The predicted molar refractivity (Wildman–Crippen MR) is 111 cm³/mol. The van der Waals surface area contributed by atoms with E-state index >= 15 is 0 Å². The van der Waals surface area contributed by atoms with Crippen LogP contribution in [0.4, 0.5) is 5.69 Å². The first-order valence-corrected chi connectivity index (χ1v) is 9.90. The van der Waals surface area contributed by atoms with E-state index in [4.69, 9.17) is 0 Å². The van der Waals surface area contributed by atoms with Gasteiger partial charge in [0.25, 0.3) is 0 Å². The van der Waals surface area contributed by atoms with Gasteiger partial charge in [-0.25, -0.2) is 5.01 Å². The average Bonchev–Trinajstić information content (AvgIpc) is 3.07. The Morgan fingerprint density at radius 2 is 1.38 bits per heavy atom. The lowest BCUT2D eigenvalue weighted by Gasteiger charge is -2.30. The van der Waals surface area contributed by atoms with E-state index in [1.54, 1.807) is 0 Å². The Kier molecular flexibility index (Phi) is 5.69. The molecule has 0 amide bonds. The van der Waals surface area contributed by atoms with Gasteiger partial charge in [0.05, 0.1) is 18.3 Å². The number of nitrogens with zero attached hydrogens (tertiary/aromatic N) is 2. The summed E-state index contributed by atoms with van der Waals surface area (Å²) in [7, 11) is 0. The largest absolute Gasteiger partial charge is 0.292 e. The van der Waals surface area contributed by atoms with Crippen molar-refractivity contribution in [2.75, 3.05) is 11.6 Å². The van der Waals surface area contributed by atoms with Gasteiger partial charge in [-0.05, 0) is 42.4 Å². The Morgan fingerprint density at radius 3 is 1.88 bits per heavy atom. The summed E-state index contributed by atoms with van der Waals surface area (Å²) in [4.78, 5) is 0. The number of hydrazine groups is 2. The highest BCUT2D eigenvalue weighted by Gasteiger charge is 2.35. The number of nitrogens with one attached hydrogen (secondary N) is 1. The summed E-state index contributed by atoms with van der Waals surface area (Å²) in [5.41, 5.74) is 9.28. The maximum Gasteiger partial charge on any atom is 0.0704 e. The number of para-hydroxylation sites is 1. The van der Waals surface area contributed by atoms with Gasteiger partial charge < -0.3 is 0 Å². The summed E-state index contributed by atoms with van der Waals surface area (Å²) in [5.74, 6) is 0.988. The van der Waals surface area contributed by atoms with E-state index in [1.165, 1.54) is 22.4 Å². The molecular weight excluding hydrogens is 318 g/mol. The zero-order chi connectivity index (χ0) is 18.8. The third-order valence-corrected chi connectivity index (χ3v) is 5.28. The lowest BCUT2D eigenvalue weighted by Crippen LogP contribution is -2.44. The van der Waals surface area contributed by atoms with Crippen LogP contribution in [-0.2, 0) is 0 Å². The molecule has 1 fully saturated rings. The Balaban J connectivity index is 2.03. The number of benzene rings is 2. The van der Waals surface area contributed by atoms with Gasteiger partial charge in [-0.2, -0.15) is 5.53 Å². The quantitative estimate of drug-likeness (QED) is 0.753. The van der Waals surface area contributed by atoms with Gasteiger partial charge in [-0.3, -0.25) is 5.01 Å². The van der Waals surface area contributed by atoms with E-state index in [0.717, 1.165) is 6.54 Å².